The summed E-state index contributed by atoms with van der Waals surface area (Å²) in [7, 11) is 1.18. The van der Waals surface area contributed by atoms with Crippen molar-refractivity contribution in [3.8, 4) is 5.75 Å². The third-order valence-electron chi connectivity index (χ3n) is 5.14. The van der Waals surface area contributed by atoms with Crippen LogP contribution in [0.3, 0.4) is 0 Å². The van der Waals surface area contributed by atoms with E-state index in [1.54, 1.807) is 7.11 Å². The fourth-order valence-electron chi connectivity index (χ4n) is 3.02. The van der Waals surface area contributed by atoms with Crippen LogP contribution < -0.4 is 10.2 Å². The quantitative estimate of drug-likeness (QED) is 0.801. The zero-order valence-corrected chi connectivity index (χ0v) is 16.3. The molecule has 6 heteroatoms. The highest BCUT2D eigenvalue weighted by Gasteiger charge is 2.51. The minimum Gasteiger partial charge on any atom is -0.496 e. The van der Waals surface area contributed by atoms with Gasteiger partial charge in [-0.15, -0.1) is 0 Å². The van der Waals surface area contributed by atoms with Crippen molar-refractivity contribution >= 4 is 18.6 Å². The highest BCUT2D eigenvalue weighted by Crippen LogP contribution is 2.37. The standard InChI is InChI=1S/C19H29BO5/c1-17(2,12-16(21)22)11-13-8-9-14(10-15(13)23-7)20-24-18(3,4)19(5,6)25-20/h8-10H,11-12H2,1-7H3,(H,21,22). The Hall–Kier alpha value is -1.53. The number of hydrogen-bond donors (Lipinski definition) is 1. The van der Waals surface area contributed by atoms with Crippen molar-refractivity contribution < 1.29 is 23.9 Å². The van der Waals surface area contributed by atoms with Gasteiger partial charge in [0.1, 0.15) is 5.75 Å². The summed E-state index contributed by atoms with van der Waals surface area (Å²) >= 11 is 0. The second-order valence-corrected chi connectivity index (χ2v) is 8.57. The van der Waals surface area contributed by atoms with Crippen molar-refractivity contribution in [3.05, 3.63) is 23.8 Å². The Kier molecular flexibility index (Phi) is 5.27. The number of carboxylic acid groups (broad SMARTS) is 1. The van der Waals surface area contributed by atoms with Crippen molar-refractivity contribution in [2.45, 2.75) is 65.6 Å². The molecular formula is C19H29BO5. The number of rotatable bonds is 6. The van der Waals surface area contributed by atoms with E-state index in [9.17, 15) is 4.79 Å². The summed E-state index contributed by atoms with van der Waals surface area (Å²) in [5.74, 6) is -0.0662. The van der Waals surface area contributed by atoms with E-state index in [-0.39, 0.29) is 11.8 Å². The highest BCUT2D eigenvalue weighted by atomic mass is 16.7. The summed E-state index contributed by atoms with van der Waals surface area (Å²) < 4.78 is 17.7. The van der Waals surface area contributed by atoms with E-state index in [0.29, 0.717) is 6.42 Å². The molecule has 5 nitrogen and oxygen atoms in total. The summed E-state index contributed by atoms with van der Waals surface area (Å²) in [5.41, 5.74) is 0.731. The van der Waals surface area contributed by atoms with Gasteiger partial charge >= 0.3 is 13.1 Å². The first-order valence-electron chi connectivity index (χ1n) is 8.61. The van der Waals surface area contributed by atoms with Gasteiger partial charge in [0.2, 0.25) is 0 Å². The van der Waals surface area contributed by atoms with Crippen LogP contribution in [0, 0.1) is 5.41 Å². The molecule has 1 aromatic carbocycles. The summed E-state index contributed by atoms with van der Waals surface area (Å²) in [6, 6.07) is 5.87. The Balaban J connectivity index is 2.24. The Bertz CT molecular complexity index is 635. The van der Waals surface area contributed by atoms with Gasteiger partial charge in [-0.3, -0.25) is 4.79 Å². The number of ether oxygens (including phenoxy) is 1. The number of carbonyl (C=O) groups is 1. The largest absolute Gasteiger partial charge is 0.496 e. The lowest BCUT2D eigenvalue weighted by atomic mass is 9.77. The van der Waals surface area contributed by atoms with Crippen molar-refractivity contribution in [1.29, 1.82) is 0 Å². The van der Waals surface area contributed by atoms with Crippen LogP contribution >= 0.6 is 0 Å². The number of benzene rings is 1. The van der Waals surface area contributed by atoms with Crippen LogP contribution in [0.2, 0.25) is 0 Å². The summed E-state index contributed by atoms with van der Waals surface area (Å²) in [4.78, 5) is 11.0. The van der Waals surface area contributed by atoms with Gasteiger partial charge < -0.3 is 19.2 Å². The van der Waals surface area contributed by atoms with Gasteiger partial charge in [0, 0.05) is 0 Å². The maximum absolute atomic E-state index is 11.0. The molecule has 0 saturated carbocycles. The van der Waals surface area contributed by atoms with E-state index in [0.717, 1.165) is 16.8 Å². The zero-order valence-electron chi connectivity index (χ0n) is 16.3. The van der Waals surface area contributed by atoms with E-state index in [4.69, 9.17) is 19.2 Å². The zero-order chi connectivity index (χ0) is 19.0. The average molecular weight is 348 g/mol. The van der Waals surface area contributed by atoms with Gasteiger partial charge in [-0.2, -0.15) is 0 Å². The highest BCUT2D eigenvalue weighted by molar-refractivity contribution is 6.62. The van der Waals surface area contributed by atoms with Crippen LogP contribution in [0.4, 0.5) is 0 Å². The SMILES string of the molecule is COc1cc(B2OC(C)(C)C(C)(C)O2)ccc1CC(C)(C)CC(=O)O. The molecule has 138 valence electrons. The monoisotopic (exact) mass is 348 g/mol. The van der Waals surface area contributed by atoms with E-state index >= 15 is 0 Å². The first-order valence-corrected chi connectivity index (χ1v) is 8.61. The first kappa shape index (κ1) is 19.8. The molecule has 1 aliphatic heterocycles. The Morgan fingerprint density at radius 2 is 1.76 bits per heavy atom. The molecule has 0 radical (unpaired) electrons. The van der Waals surface area contributed by atoms with Crippen LogP contribution in [-0.4, -0.2) is 36.5 Å². The lowest BCUT2D eigenvalue weighted by molar-refractivity contribution is -0.139. The van der Waals surface area contributed by atoms with Crippen LogP contribution in [-0.2, 0) is 20.5 Å². The number of hydrogen-bond acceptors (Lipinski definition) is 4. The normalized spacial score (nSPS) is 19.1. The topological polar surface area (TPSA) is 65.0 Å². The maximum atomic E-state index is 11.0. The molecule has 1 aliphatic rings. The van der Waals surface area contributed by atoms with Crippen LogP contribution in [0.25, 0.3) is 0 Å². The first-order chi connectivity index (χ1) is 11.4. The Morgan fingerprint density at radius 1 is 1.20 bits per heavy atom. The number of methoxy groups -OCH3 is 1. The van der Waals surface area contributed by atoms with Crippen molar-refractivity contribution in [3.63, 3.8) is 0 Å². The predicted octanol–water partition coefficient (Wildman–Crippen LogP) is 3.04. The molecule has 1 N–H and O–H groups in total. The molecule has 2 rings (SSSR count). The van der Waals surface area contributed by atoms with E-state index < -0.39 is 24.3 Å². The third-order valence-corrected chi connectivity index (χ3v) is 5.14. The molecule has 0 bridgehead atoms. The van der Waals surface area contributed by atoms with Gasteiger partial charge in [0.05, 0.1) is 24.7 Å². The molecule has 0 amide bonds. The average Bonchev–Trinajstić information content (AvgIpc) is 2.65. The van der Waals surface area contributed by atoms with E-state index in [1.165, 1.54) is 0 Å². The molecule has 1 aromatic rings. The second-order valence-electron chi connectivity index (χ2n) is 8.57. The fourth-order valence-corrected chi connectivity index (χ4v) is 3.02. The van der Waals surface area contributed by atoms with Crippen LogP contribution in [0.1, 0.15) is 53.5 Å². The Morgan fingerprint density at radius 3 is 2.24 bits per heavy atom. The predicted molar refractivity (Wildman–Crippen MR) is 98.4 cm³/mol. The van der Waals surface area contributed by atoms with E-state index in [1.807, 2.05) is 59.7 Å². The summed E-state index contributed by atoms with van der Waals surface area (Å²) in [5, 5.41) is 9.08. The molecule has 0 unspecified atom stereocenters. The molecule has 1 heterocycles. The van der Waals surface area contributed by atoms with E-state index in [2.05, 4.69) is 0 Å². The smallest absolute Gasteiger partial charge is 0.494 e. The maximum Gasteiger partial charge on any atom is 0.494 e. The second kappa shape index (κ2) is 6.65. The molecule has 0 aromatic heterocycles. The van der Waals surface area contributed by atoms with Crippen molar-refractivity contribution in [1.82, 2.24) is 0 Å². The summed E-state index contributed by atoms with van der Waals surface area (Å²) in [6.07, 6.45) is 0.723. The molecule has 0 aliphatic carbocycles. The van der Waals surface area contributed by atoms with Gasteiger partial charge in [0.15, 0.2) is 0 Å². The van der Waals surface area contributed by atoms with Crippen molar-refractivity contribution in [2.75, 3.05) is 7.11 Å². The molecule has 0 atom stereocenters. The fraction of sp³-hybridized carbons (Fsp3) is 0.632. The summed E-state index contributed by atoms with van der Waals surface area (Å²) in [6.45, 7) is 12.0. The number of carboxylic acids is 1. The van der Waals surface area contributed by atoms with Gasteiger partial charge in [-0.25, -0.2) is 0 Å². The third kappa shape index (κ3) is 4.36. The van der Waals surface area contributed by atoms with Gasteiger partial charge in [-0.05, 0) is 56.6 Å². The lowest BCUT2D eigenvalue weighted by Crippen LogP contribution is -2.41. The Labute approximate surface area is 150 Å². The van der Waals surface area contributed by atoms with Crippen LogP contribution in [0.5, 0.6) is 5.75 Å². The molecule has 0 spiro atoms. The minimum atomic E-state index is -0.794. The minimum absolute atomic E-state index is 0.106. The van der Waals surface area contributed by atoms with Gasteiger partial charge in [0.25, 0.3) is 0 Å². The van der Waals surface area contributed by atoms with Gasteiger partial charge in [-0.1, -0.05) is 26.0 Å². The van der Waals surface area contributed by atoms with Crippen LogP contribution in [0.15, 0.2) is 18.2 Å². The van der Waals surface area contributed by atoms with Crippen molar-refractivity contribution in [2.24, 2.45) is 5.41 Å². The molecule has 25 heavy (non-hydrogen) atoms. The lowest BCUT2D eigenvalue weighted by Gasteiger charge is -2.32. The number of aliphatic carboxylic acids is 1. The molecule has 1 saturated heterocycles. The molecular weight excluding hydrogens is 319 g/mol. The molecule has 1 fully saturated rings.